The fourth-order valence-electron chi connectivity index (χ4n) is 3.13. The summed E-state index contributed by atoms with van der Waals surface area (Å²) in [6, 6.07) is 11.5. The molecule has 2 heterocycles. The maximum atomic E-state index is 12.4. The normalized spacial score (nSPS) is 14.1. The maximum absolute atomic E-state index is 12.4. The molecule has 0 radical (unpaired) electrons. The van der Waals surface area contributed by atoms with Gasteiger partial charge in [0.05, 0.1) is 22.7 Å². The van der Waals surface area contributed by atoms with Crippen LogP contribution in [0.5, 0.6) is 5.75 Å². The van der Waals surface area contributed by atoms with Crippen molar-refractivity contribution in [2.45, 2.75) is 19.1 Å². The van der Waals surface area contributed by atoms with Crippen LogP contribution in [-0.4, -0.2) is 61.3 Å². The number of fused-ring (bicyclic) bond motifs is 1. The summed E-state index contributed by atoms with van der Waals surface area (Å²) < 4.78 is 5.49. The first kappa shape index (κ1) is 21.2. The lowest BCUT2D eigenvalue weighted by Crippen LogP contribution is -2.32. The van der Waals surface area contributed by atoms with Crippen molar-refractivity contribution in [1.82, 2.24) is 25.1 Å². The molecule has 2 aromatic carbocycles. The molecule has 1 aliphatic heterocycles. The zero-order valence-electron chi connectivity index (χ0n) is 16.1. The monoisotopic (exact) mass is 461 g/mol. The quantitative estimate of drug-likeness (QED) is 0.512. The number of aromatic nitrogens is 4. The molecule has 1 atom stereocenters. The van der Waals surface area contributed by atoms with Crippen molar-refractivity contribution in [1.29, 1.82) is 0 Å². The second-order valence-corrected chi connectivity index (χ2v) is 7.70. The number of carbonyl (C=O) groups is 2. The Bertz CT molecular complexity index is 1100. The molecule has 2 amide bonds. The number of hydrogen-bond donors (Lipinski definition) is 1. The Balaban J connectivity index is 1.29. The molecule has 0 fully saturated rings. The Morgan fingerprint density at radius 1 is 1.06 bits per heavy atom. The van der Waals surface area contributed by atoms with Crippen LogP contribution in [0.3, 0.4) is 0 Å². The van der Waals surface area contributed by atoms with Gasteiger partial charge >= 0.3 is 0 Å². The van der Waals surface area contributed by atoms with Gasteiger partial charge in [0, 0.05) is 18.0 Å². The summed E-state index contributed by atoms with van der Waals surface area (Å²) in [5.41, 5.74) is 0.793. The fourth-order valence-corrected chi connectivity index (χ4v) is 3.59. The maximum Gasteiger partial charge on any atom is 0.261 e. The fraction of sp³-hybridized carbons (Fsp3) is 0.250. The molecule has 11 heteroatoms. The second-order valence-electron chi connectivity index (χ2n) is 6.86. The topological polar surface area (TPSA) is 110 Å². The molecule has 3 aromatic rings. The van der Waals surface area contributed by atoms with E-state index in [9.17, 15) is 14.7 Å². The molecule has 9 nitrogen and oxygen atoms in total. The summed E-state index contributed by atoms with van der Waals surface area (Å²) in [6.07, 6.45) is -0.664. The SMILES string of the molecule is O=C1c2ccccc2C(=O)N1CCc1nnn(CC(O)COc2ccc(Cl)cc2Cl)n1. The lowest BCUT2D eigenvalue weighted by atomic mass is 10.1. The third kappa shape index (κ3) is 4.68. The van der Waals surface area contributed by atoms with Crippen molar-refractivity contribution in [2.24, 2.45) is 0 Å². The molecule has 0 aliphatic carbocycles. The molecular weight excluding hydrogens is 445 g/mol. The van der Waals surface area contributed by atoms with Crippen LogP contribution in [0.25, 0.3) is 0 Å². The highest BCUT2D eigenvalue weighted by atomic mass is 35.5. The van der Waals surface area contributed by atoms with Crippen LogP contribution in [0.2, 0.25) is 10.0 Å². The van der Waals surface area contributed by atoms with E-state index in [1.54, 1.807) is 42.5 Å². The standard InChI is InChI=1S/C20H17Cl2N5O4/c21-12-5-6-17(16(22)9-12)31-11-13(28)10-27-24-18(23-25-27)7-8-26-19(29)14-3-1-2-4-15(14)20(26)30/h1-6,9,13,28H,7-8,10-11H2. The van der Waals surface area contributed by atoms with Gasteiger partial charge in [-0.05, 0) is 35.5 Å². The van der Waals surface area contributed by atoms with E-state index in [1.165, 1.54) is 9.70 Å². The lowest BCUT2D eigenvalue weighted by Gasteiger charge is -2.13. The van der Waals surface area contributed by atoms with Gasteiger partial charge in [0.2, 0.25) is 0 Å². The highest BCUT2D eigenvalue weighted by Crippen LogP contribution is 2.27. The van der Waals surface area contributed by atoms with E-state index in [4.69, 9.17) is 27.9 Å². The number of hydrogen-bond acceptors (Lipinski definition) is 7. The number of nitrogens with zero attached hydrogens (tertiary/aromatic N) is 5. The van der Waals surface area contributed by atoms with E-state index in [1.807, 2.05) is 0 Å². The minimum absolute atomic E-state index is 0.0345. The van der Waals surface area contributed by atoms with E-state index in [0.29, 0.717) is 32.7 Å². The predicted octanol–water partition coefficient (Wildman–Crippen LogP) is 2.26. The van der Waals surface area contributed by atoms with Crippen molar-refractivity contribution in [2.75, 3.05) is 13.2 Å². The smallest absolute Gasteiger partial charge is 0.261 e. The molecule has 0 saturated heterocycles. The van der Waals surface area contributed by atoms with Gasteiger partial charge in [-0.2, -0.15) is 4.80 Å². The molecular formula is C20H17Cl2N5O4. The van der Waals surface area contributed by atoms with Crippen molar-refractivity contribution in [3.63, 3.8) is 0 Å². The third-order valence-corrected chi connectivity index (χ3v) is 5.16. The Hall–Kier alpha value is -3.01. The van der Waals surface area contributed by atoms with E-state index >= 15 is 0 Å². The number of aliphatic hydroxyl groups is 1. The first-order valence-corrected chi connectivity index (χ1v) is 10.2. The minimum atomic E-state index is -0.912. The number of benzene rings is 2. The average molecular weight is 462 g/mol. The summed E-state index contributed by atoms with van der Waals surface area (Å²) >= 11 is 11.9. The summed E-state index contributed by atoms with van der Waals surface area (Å²) in [6.45, 7) is 0.150. The molecule has 160 valence electrons. The summed E-state index contributed by atoms with van der Waals surface area (Å²) in [5, 5.41) is 23.0. The van der Waals surface area contributed by atoms with Crippen molar-refractivity contribution in [3.8, 4) is 5.75 Å². The molecule has 0 bridgehead atoms. The van der Waals surface area contributed by atoms with Crippen LogP contribution in [0.15, 0.2) is 42.5 Å². The van der Waals surface area contributed by atoms with E-state index < -0.39 is 6.10 Å². The van der Waals surface area contributed by atoms with Crippen LogP contribution < -0.4 is 4.74 Å². The summed E-state index contributed by atoms with van der Waals surface area (Å²) in [5.74, 6) is 0.0894. The van der Waals surface area contributed by atoms with Crippen LogP contribution >= 0.6 is 23.2 Å². The van der Waals surface area contributed by atoms with Gasteiger partial charge in [-0.1, -0.05) is 35.3 Å². The number of rotatable bonds is 8. The van der Waals surface area contributed by atoms with Crippen LogP contribution in [0, 0.1) is 0 Å². The summed E-state index contributed by atoms with van der Waals surface area (Å²) in [4.78, 5) is 27.2. The van der Waals surface area contributed by atoms with Gasteiger partial charge < -0.3 is 9.84 Å². The Morgan fingerprint density at radius 3 is 2.45 bits per heavy atom. The number of halogens is 2. The molecule has 31 heavy (non-hydrogen) atoms. The van der Waals surface area contributed by atoms with Gasteiger partial charge in [0.15, 0.2) is 5.82 Å². The van der Waals surface area contributed by atoms with Crippen molar-refractivity contribution < 1.29 is 19.4 Å². The third-order valence-electron chi connectivity index (χ3n) is 4.63. The van der Waals surface area contributed by atoms with Gasteiger partial charge in [-0.3, -0.25) is 14.5 Å². The van der Waals surface area contributed by atoms with Crippen LogP contribution in [0.4, 0.5) is 0 Å². The Labute approximate surface area is 187 Å². The number of aliphatic hydroxyl groups excluding tert-OH is 1. The van der Waals surface area contributed by atoms with E-state index in [2.05, 4.69) is 15.4 Å². The molecule has 1 unspecified atom stereocenters. The minimum Gasteiger partial charge on any atom is -0.489 e. The van der Waals surface area contributed by atoms with Crippen molar-refractivity contribution >= 4 is 35.0 Å². The number of carbonyl (C=O) groups excluding carboxylic acids is 2. The van der Waals surface area contributed by atoms with Crippen molar-refractivity contribution in [3.05, 3.63) is 69.5 Å². The van der Waals surface area contributed by atoms with Gasteiger partial charge in [-0.25, -0.2) is 0 Å². The molecule has 1 aromatic heterocycles. The number of tetrazole rings is 1. The highest BCUT2D eigenvalue weighted by Gasteiger charge is 2.34. The number of ether oxygens (including phenoxy) is 1. The van der Waals surface area contributed by atoms with Crippen LogP contribution in [-0.2, 0) is 13.0 Å². The van der Waals surface area contributed by atoms with E-state index in [-0.39, 0.29) is 37.9 Å². The first-order valence-electron chi connectivity index (χ1n) is 9.40. The zero-order valence-corrected chi connectivity index (χ0v) is 17.6. The summed E-state index contributed by atoms with van der Waals surface area (Å²) in [7, 11) is 0. The molecule has 1 N–H and O–H groups in total. The molecule has 0 saturated carbocycles. The Kier molecular flexibility index (Phi) is 6.17. The number of amides is 2. The molecule has 1 aliphatic rings. The van der Waals surface area contributed by atoms with Gasteiger partial charge in [0.25, 0.3) is 11.8 Å². The largest absolute Gasteiger partial charge is 0.489 e. The molecule has 4 rings (SSSR count). The van der Waals surface area contributed by atoms with Gasteiger partial charge in [0.1, 0.15) is 18.5 Å². The van der Waals surface area contributed by atoms with Gasteiger partial charge in [-0.15, -0.1) is 10.2 Å². The highest BCUT2D eigenvalue weighted by molar-refractivity contribution is 6.35. The Morgan fingerprint density at radius 2 is 1.77 bits per heavy atom. The second kappa shape index (κ2) is 9.01. The van der Waals surface area contributed by atoms with E-state index in [0.717, 1.165) is 0 Å². The molecule has 0 spiro atoms. The van der Waals surface area contributed by atoms with Crippen LogP contribution in [0.1, 0.15) is 26.5 Å². The average Bonchev–Trinajstić information content (AvgIpc) is 3.29. The lowest BCUT2D eigenvalue weighted by molar-refractivity contribution is 0.0655. The number of imide groups is 1. The first-order chi connectivity index (χ1) is 14.9. The zero-order chi connectivity index (χ0) is 22.0. The predicted molar refractivity (Wildman–Crippen MR) is 111 cm³/mol.